The highest BCUT2D eigenvalue weighted by Gasteiger charge is 2.43. The first-order valence-electron chi connectivity index (χ1n) is 7.20. The summed E-state index contributed by atoms with van der Waals surface area (Å²) < 4.78 is 10.5. The standard InChI is InChI=1S/C16H23NO4/c1-4-16(15(18)19)5-6-17(11-16)10-12-7-13(20-2)9-14(8-12)21-3/h7-9H,4-6,10-11H2,1-3H3,(H,18,19). The molecule has 0 aliphatic carbocycles. The molecule has 1 saturated heterocycles. The van der Waals surface area contributed by atoms with E-state index < -0.39 is 11.4 Å². The van der Waals surface area contributed by atoms with Crippen molar-refractivity contribution in [2.45, 2.75) is 26.3 Å². The molecular formula is C16H23NO4. The minimum Gasteiger partial charge on any atom is -0.497 e. The lowest BCUT2D eigenvalue weighted by Gasteiger charge is -2.23. The Morgan fingerprint density at radius 1 is 1.29 bits per heavy atom. The molecule has 21 heavy (non-hydrogen) atoms. The fourth-order valence-corrected chi connectivity index (χ4v) is 2.92. The Morgan fingerprint density at radius 3 is 2.33 bits per heavy atom. The van der Waals surface area contributed by atoms with E-state index in [1.54, 1.807) is 14.2 Å². The topological polar surface area (TPSA) is 59.0 Å². The summed E-state index contributed by atoms with van der Waals surface area (Å²) in [5.41, 5.74) is 0.478. The molecule has 0 radical (unpaired) electrons. The lowest BCUT2D eigenvalue weighted by Crippen LogP contribution is -2.33. The Bertz CT molecular complexity index is 495. The SMILES string of the molecule is CCC1(C(=O)O)CCN(Cc2cc(OC)cc(OC)c2)C1. The van der Waals surface area contributed by atoms with Crippen LogP contribution in [0, 0.1) is 5.41 Å². The smallest absolute Gasteiger partial charge is 0.310 e. The average Bonchev–Trinajstić information content (AvgIpc) is 2.91. The molecule has 0 saturated carbocycles. The van der Waals surface area contributed by atoms with Gasteiger partial charge in [-0.05, 0) is 37.1 Å². The minimum absolute atomic E-state index is 0.594. The van der Waals surface area contributed by atoms with Crippen LogP contribution in [0.1, 0.15) is 25.3 Å². The molecule has 1 aliphatic heterocycles. The molecule has 1 N–H and O–H groups in total. The number of carbonyl (C=O) groups is 1. The van der Waals surface area contributed by atoms with Crippen LogP contribution in [0.3, 0.4) is 0 Å². The predicted molar refractivity (Wildman–Crippen MR) is 79.8 cm³/mol. The number of hydrogen-bond acceptors (Lipinski definition) is 4. The summed E-state index contributed by atoms with van der Waals surface area (Å²) in [6.07, 6.45) is 1.38. The molecule has 0 aromatic heterocycles. The monoisotopic (exact) mass is 293 g/mol. The number of methoxy groups -OCH3 is 2. The molecular weight excluding hydrogens is 270 g/mol. The number of likely N-dealkylation sites (tertiary alicyclic amines) is 1. The third-order valence-electron chi connectivity index (χ3n) is 4.38. The lowest BCUT2D eigenvalue weighted by molar-refractivity contribution is -0.148. The fourth-order valence-electron chi connectivity index (χ4n) is 2.92. The second-order valence-corrected chi connectivity index (χ2v) is 5.62. The normalized spacial score (nSPS) is 22.2. The van der Waals surface area contributed by atoms with Gasteiger partial charge in [-0.15, -0.1) is 0 Å². The van der Waals surface area contributed by atoms with Crippen LogP contribution in [0.2, 0.25) is 0 Å². The Kier molecular flexibility index (Phi) is 4.73. The van der Waals surface area contributed by atoms with Crippen LogP contribution in [-0.2, 0) is 11.3 Å². The average molecular weight is 293 g/mol. The lowest BCUT2D eigenvalue weighted by atomic mass is 9.84. The van der Waals surface area contributed by atoms with Gasteiger partial charge < -0.3 is 14.6 Å². The Hall–Kier alpha value is -1.75. The van der Waals surface area contributed by atoms with Crippen molar-refractivity contribution in [1.82, 2.24) is 4.90 Å². The molecule has 1 fully saturated rings. The van der Waals surface area contributed by atoms with E-state index in [2.05, 4.69) is 4.90 Å². The number of benzene rings is 1. The zero-order chi connectivity index (χ0) is 15.5. The van der Waals surface area contributed by atoms with Gasteiger partial charge in [-0.3, -0.25) is 9.69 Å². The van der Waals surface area contributed by atoms with Crippen molar-refractivity contribution in [3.63, 3.8) is 0 Å². The third kappa shape index (κ3) is 3.29. The third-order valence-corrected chi connectivity index (χ3v) is 4.38. The van der Waals surface area contributed by atoms with Crippen molar-refractivity contribution in [3.8, 4) is 11.5 Å². The summed E-state index contributed by atoms with van der Waals surface area (Å²) in [7, 11) is 3.25. The molecule has 5 heteroatoms. The van der Waals surface area contributed by atoms with E-state index in [0.29, 0.717) is 25.9 Å². The zero-order valence-corrected chi connectivity index (χ0v) is 12.9. The maximum atomic E-state index is 11.5. The minimum atomic E-state index is -0.685. The van der Waals surface area contributed by atoms with Gasteiger partial charge in [0.2, 0.25) is 0 Å². The Balaban J connectivity index is 2.11. The second-order valence-electron chi connectivity index (χ2n) is 5.62. The number of carboxylic acids is 1. The highest BCUT2D eigenvalue weighted by molar-refractivity contribution is 5.75. The molecule has 5 nitrogen and oxygen atoms in total. The van der Waals surface area contributed by atoms with E-state index in [0.717, 1.165) is 23.6 Å². The van der Waals surface area contributed by atoms with Crippen LogP contribution in [-0.4, -0.2) is 43.3 Å². The van der Waals surface area contributed by atoms with Crippen molar-refractivity contribution in [2.24, 2.45) is 5.41 Å². The van der Waals surface area contributed by atoms with Gasteiger partial charge in [-0.2, -0.15) is 0 Å². The molecule has 1 unspecified atom stereocenters. The van der Waals surface area contributed by atoms with E-state index in [1.807, 2.05) is 25.1 Å². The summed E-state index contributed by atoms with van der Waals surface area (Å²) in [5.74, 6) is 0.822. The predicted octanol–water partition coefficient (Wildman–Crippen LogP) is 2.39. The number of nitrogens with zero attached hydrogens (tertiary/aromatic N) is 1. The van der Waals surface area contributed by atoms with E-state index >= 15 is 0 Å². The van der Waals surface area contributed by atoms with Crippen LogP contribution < -0.4 is 9.47 Å². The quantitative estimate of drug-likeness (QED) is 0.872. The Morgan fingerprint density at radius 2 is 1.90 bits per heavy atom. The molecule has 0 amide bonds. The molecule has 1 atom stereocenters. The van der Waals surface area contributed by atoms with Gasteiger partial charge in [0.25, 0.3) is 0 Å². The van der Waals surface area contributed by atoms with Gasteiger partial charge in [0.1, 0.15) is 11.5 Å². The first kappa shape index (κ1) is 15.6. The second kappa shape index (κ2) is 6.35. The summed E-state index contributed by atoms with van der Waals surface area (Å²) in [6.45, 7) is 4.06. The van der Waals surface area contributed by atoms with Crippen molar-refractivity contribution in [1.29, 1.82) is 0 Å². The summed E-state index contributed by atoms with van der Waals surface area (Å²) in [4.78, 5) is 13.7. The molecule has 1 aromatic carbocycles. The largest absolute Gasteiger partial charge is 0.497 e. The van der Waals surface area contributed by atoms with Crippen LogP contribution in [0.25, 0.3) is 0 Å². The van der Waals surface area contributed by atoms with Gasteiger partial charge in [-0.25, -0.2) is 0 Å². The van der Waals surface area contributed by atoms with Crippen molar-refractivity contribution in [3.05, 3.63) is 23.8 Å². The van der Waals surface area contributed by atoms with Crippen LogP contribution in [0.4, 0.5) is 0 Å². The van der Waals surface area contributed by atoms with Crippen LogP contribution in [0.5, 0.6) is 11.5 Å². The maximum absolute atomic E-state index is 11.5. The highest BCUT2D eigenvalue weighted by Crippen LogP contribution is 2.35. The van der Waals surface area contributed by atoms with E-state index in [9.17, 15) is 9.90 Å². The number of aliphatic carboxylic acids is 1. The molecule has 1 aromatic rings. The zero-order valence-electron chi connectivity index (χ0n) is 12.9. The van der Waals surface area contributed by atoms with Gasteiger partial charge >= 0.3 is 5.97 Å². The number of ether oxygens (including phenoxy) is 2. The van der Waals surface area contributed by atoms with Gasteiger partial charge in [0.05, 0.1) is 19.6 Å². The summed E-state index contributed by atoms with van der Waals surface area (Å²) in [6, 6.07) is 5.77. The van der Waals surface area contributed by atoms with Gasteiger partial charge in [0, 0.05) is 19.2 Å². The molecule has 1 aliphatic rings. The van der Waals surface area contributed by atoms with Crippen LogP contribution >= 0.6 is 0 Å². The number of rotatable bonds is 6. The van der Waals surface area contributed by atoms with E-state index in [-0.39, 0.29) is 0 Å². The molecule has 116 valence electrons. The number of carboxylic acid groups (broad SMARTS) is 1. The highest BCUT2D eigenvalue weighted by atomic mass is 16.5. The van der Waals surface area contributed by atoms with Gasteiger partial charge in [-0.1, -0.05) is 6.92 Å². The maximum Gasteiger partial charge on any atom is 0.310 e. The van der Waals surface area contributed by atoms with E-state index in [4.69, 9.17) is 9.47 Å². The summed E-state index contributed by atoms with van der Waals surface area (Å²) in [5, 5.41) is 9.45. The first-order valence-corrected chi connectivity index (χ1v) is 7.20. The molecule has 0 bridgehead atoms. The first-order chi connectivity index (χ1) is 10.0. The van der Waals surface area contributed by atoms with Gasteiger partial charge in [0.15, 0.2) is 0 Å². The number of hydrogen-bond donors (Lipinski definition) is 1. The Labute approximate surface area is 125 Å². The summed E-state index contributed by atoms with van der Waals surface area (Å²) >= 11 is 0. The molecule has 2 rings (SSSR count). The van der Waals surface area contributed by atoms with Crippen LogP contribution in [0.15, 0.2) is 18.2 Å². The van der Waals surface area contributed by atoms with Crippen molar-refractivity contribution >= 4 is 5.97 Å². The van der Waals surface area contributed by atoms with E-state index in [1.165, 1.54) is 0 Å². The van der Waals surface area contributed by atoms with Crippen molar-refractivity contribution < 1.29 is 19.4 Å². The fraction of sp³-hybridized carbons (Fsp3) is 0.562. The van der Waals surface area contributed by atoms with Crippen molar-refractivity contribution in [2.75, 3.05) is 27.3 Å². The molecule has 0 spiro atoms. The molecule has 1 heterocycles.